The summed E-state index contributed by atoms with van der Waals surface area (Å²) >= 11 is 6.14. The van der Waals surface area contributed by atoms with E-state index in [1.165, 1.54) is 16.7 Å². The van der Waals surface area contributed by atoms with Gasteiger partial charge in [-0.15, -0.1) is 0 Å². The van der Waals surface area contributed by atoms with Crippen molar-refractivity contribution in [1.29, 1.82) is 0 Å². The Hall–Kier alpha value is -1.39. The minimum absolute atomic E-state index is 0.0216. The number of aliphatic hydroxyl groups is 1. The highest BCUT2D eigenvalue weighted by atomic mass is 35.5. The summed E-state index contributed by atoms with van der Waals surface area (Å²) in [5, 5.41) is 15.6. The zero-order valence-electron chi connectivity index (χ0n) is 14.6. The second-order valence-corrected chi connectivity index (χ2v) is 7.86. The zero-order valence-corrected chi connectivity index (χ0v) is 15.3. The zero-order chi connectivity index (χ0) is 17.4. The van der Waals surface area contributed by atoms with Crippen LogP contribution in [0.3, 0.4) is 0 Å². The highest BCUT2D eigenvalue weighted by Gasteiger charge is 2.52. The maximum absolute atomic E-state index is 11.4. The number of rotatable bonds is 3. The molecule has 0 aromatic heterocycles. The molecular weight excluding hydrogens is 332 g/mol. The van der Waals surface area contributed by atoms with E-state index in [1.807, 2.05) is 18.2 Å². The number of aliphatic hydroxyl groups excluding tert-OH is 1. The van der Waals surface area contributed by atoms with Crippen LogP contribution in [0.1, 0.15) is 35.6 Å². The smallest absolute Gasteiger partial charge is 0.0834 e. The van der Waals surface area contributed by atoms with Crippen LogP contribution in [-0.4, -0.2) is 36.2 Å². The Morgan fingerprint density at radius 3 is 2.68 bits per heavy atom. The molecule has 25 heavy (non-hydrogen) atoms. The number of hydrogen-bond donors (Lipinski definition) is 2. The minimum Gasteiger partial charge on any atom is -0.390 e. The van der Waals surface area contributed by atoms with E-state index in [2.05, 4.69) is 47.6 Å². The lowest BCUT2D eigenvalue weighted by molar-refractivity contribution is 0.00420. The van der Waals surface area contributed by atoms with Crippen molar-refractivity contribution in [2.75, 3.05) is 20.1 Å². The third-order valence-electron chi connectivity index (χ3n) is 5.97. The van der Waals surface area contributed by atoms with E-state index >= 15 is 0 Å². The first-order valence-corrected chi connectivity index (χ1v) is 9.42. The summed E-state index contributed by atoms with van der Waals surface area (Å²) in [6, 6.07) is 16.6. The molecule has 1 fully saturated rings. The lowest BCUT2D eigenvalue weighted by Crippen LogP contribution is -2.48. The van der Waals surface area contributed by atoms with Crippen molar-refractivity contribution in [3.05, 3.63) is 70.2 Å². The van der Waals surface area contributed by atoms with Crippen molar-refractivity contribution in [3.8, 4) is 0 Å². The molecule has 1 saturated heterocycles. The van der Waals surface area contributed by atoms with Crippen LogP contribution in [0.15, 0.2) is 48.5 Å². The lowest BCUT2D eigenvalue weighted by atomic mass is 9.72. The summed E-state index contributed by atoms with van der Waals surface area (Å²) in [6.07, 6.45) is 1.61. The van der Waals surface area contributed by atoms with Gasteiger partial charge in [-0.3, -0.25) is 4.90 Å². The van der Waals surface area contributed by atoms with Crippen LogP contribution in [0.25, 0.3) is 0 Å². The molecule has 1 spiro atoms. The number of halogens is 1. The van der Waals surface area contributed by atoms with Gasteiger partial charge >= 0.3 is 0 Å². The fourth-order valence-corrected chi connectivity index (χ4v) is 4.99. The fraction of sp³-hybridized carbons (Fsp3) is 0.429. The summed E-state index contributed by atoms with van der Waals surface area (Å²) in [5.41, 5.74) is 3.68. The van der Waals surface area contributed by atoms with Gasteiger partial charge in [-0.05, 0) is 61.8 Å². The van der Waals surface area contributed by atoms with Crippen LogP contribution < -0.4 is 5.32 Å². The largest absolute Gasteiger partial charge is 0.390 e. The first-order chi connectivity index (χ1) is 12.1. The average Bonchev–Trinajstić information content (AvgIpc) is 2.85. The van der Waals surface area contributed by atoms with Crippen LogP contribution in [0, 0.1) is 0 Å². The fourth-order valence-electron chi connectivity index (χ4n) is 4.78. The molecule has 3 nitrogen and oxygen atoms in total. The van der Waals surface area contributed by atoms with Crippen molar-refractivity contribution >= 4 is 11.6 Å². The lowest BCUT2D eigenvalue weighted by Gasteiger charge is -2.40. The van der Waals surface area contributed by atoms with E-state index in [1.54, 1.807) is 0 Å². The molecule has 1 aliphatic carbocycles. The van der Waals surface area contributed by atoms with Gasteiger partial charge in [-0.25, -0.2) is 0 Å². The Kier molecular flexibility index (Phi) is 4.59. The predicted molar refractivity (Wildman–Crippen MR) is 102 cm³/mol. The SMILES string of the molecule is CN(Cc1cccc(Cl)c1)[C@H]1c2ccccc2C2(CCNCC2)[C@@H]1O. The van der Waals surface area contributed by atoms with E-state index in [4.69, 9.17) is 11.6 Å². The number of fused-ring (bicyclic) bond motifs is 2. The molecule has 1 heterocycles. The second-order valence-electron chi connectivity index (χ2n) is 7.43. The maximum Gasteiger partial charge on any atom is 0.0834 e. The molecule has 0 unspecified atom stereocenters. The second kappa shape index (κ2) is 6.73. The summed E-state index contributed by atoms with van der Waals surface area (Å²) in [7, 11) is 2.10. The van der Waals surface area contributed by atoms with Crippen molar-refractivity contribution in [1.82, 2.24) is 10.2 Å². The van der Waals surface area contributed by atoms with Gasteiger partial charge in [0.2, 0.25) is 0 Å². The number of hydrogen-bond acceptors (Lipinski definition) is 3. The molecule has 2 aliphatic rings. The standard InChI is InChI=1S/C21H25ClN2O/c1-24(14-15-5-4-6-16(22)13-15)19-17-7-2-3-8-18(17)21(20(19)25)9-11-23-12-10-21/h2-8,13,19-20,23,25H,9-12,14H2,1H3/t19-,20+/m0/s1. The number of nitrogens with zero attached hydrogens (tertiary/aromatic N) is 1. The number of nitrogens with one attached hydrogen (secondary N) is 1. The van der Waals surface area contributed by atoms with Gasteiger partial charge in [-0.1, -0.05) is 48.0 Å². The average molecular weight is 357 g/mol. The number of piperidine rings is 1. The van der Waals surface area contributed by atoms with Crippen molar-refractivity contribution < 1.29 is 5.11 Å². The van der Waals surface area contributed by atoms with Crippen LogP contribution in [-0.2, 0) is 12.0 Å². The molecule has 1 aliphatic heterocycles. The first kappa shape index (κ1) is 17.0. The van der Waals surface area contributed by atoms with E-state index in [0.29, 0.717) is 0 Å². The molecular formula is C21H25ClN2O. The highest BCUT2D eigenvalue weighted by Crippen LogP contribution is 2.51. The molecule has 132 valence electrons. The van der Waals surface area contributed by atoms with Gasteiger partial charge < -0.3 is 10.4 Å². The third-order valence-corrected chi connectivity index (χ3v) is 6.21. The predicted octanol–water partition coefficient (Wildman–Crippen LogP) is 3.51. The van der Waals surface area contributed by atoms with Crippen molar-refractivity contribution in [3.63, 3.8) is 0 Å². The normalized spacial score (nSPS) is 24.6. The molecule has 0 bridgehead atoms. The van der Waals surface area contributed by atoms with E-state index in [9.17, 15) is 5.11 Å². The number of benzene rings is 2. The van der Waals surface area contributed by atoms with Gasteiger partial charge in [0, 0.05) is 17.0 Å². The van der Waals surface area contributed by atoms with E-state index < -0.39 is 0 Å². The molecule has 0 saturated carbocycles. The molecule has 2 atom stereocenters. The summed E-state index contributed by atoms with van der Waals surface area (Å²) in [6.45, 7) is 2.71. The minimum atomic E-state index is -0.379. The monoisotopic (exact) mass is 356 g/mol. The molecule has 0 radical (unpaired) electrons. The Labute approximate surface area is 154 Å². The van der Waals surface area contributed by atoms with E-state index in [0.717, 1.165) is 37.5 Å². The Morgan fingerprint density at radius 1 is 1.16 bits per heavy atom. The Bertz CT molecular complexity index is 757. The summed E-state index contributed by atoms with van der Waals surface area (Å²) in [4.78, 5) is 2.27. The molecule has 2 aromatic rings. The number of likely N-dealkylation sites (N-methyl/N-ethyl adjacent to an activating group) is 1. The first-order valence-electron chi connectivity index (χ1n) is 9.05. The summed E-state index contributed by atoms with van der Waals surface area (Å²) < 4.78 is 0. The molecule has 2 aromatic carbocycles. The van der Waals surface area contributed by atoms with Gasteiger partial charge in [-0.2, -0.15) is 0 Å². The van der Waals surface area contributed by atoms with Crippen molar-refractivity contribution in [2.24, 2.45) is 0 Å². The maximum atomic E-state index is 11.4. The third kappa shape index (κ3) is 2.89. The quantitative estimate of drug-likeness (QED) is 0.883. The van der Waals surface area contributed by atoms with Gasteiger partial charge in [0.15, 0.2) is 0 Å². The Morgan fingerprint density at radius 2 is 1.92 bits per heavy atom. The van der Waals surface area contributed by atoms with Gasteiger partial charge in [0.1, 0.15) is 0 Å². The molecule has 2 N–H and O–H groups in total. The topological polar surface area (TPSA) is 35.5 Å². The highest BCUT2D eigenvalue weighted by molar-refractivity contribution is 6.30. The van der Waals surface area contributed by atoms with Crippen LogP contribution >= 0.6 is 11.6 Å². The van der Waals surface area contributed by atoms with Gasteiger partial charge in [0.05, 0.1) is 12.1 Å². The molecule has 4 heteroatoms. The van der Waals surface area contributed by atoms with Crippen LogP contribution in [0.5, 0.6) is 0 Å². The van der Waals surface area contributed by atoms with Gasteiger partial charge in [0.25, 0.3) is 0 Å². The van der Waals surface area contributed by atoms with Crippen molar-refractivity contribution in [2.45, 2.75) is 36.9 Å². The molecule has 4 rings (SSSR count). The van der Waals surface area contributed by atoms with Crippen LogP contribution in [0.2, 0.25) is 5.02 Å². The van der Waals surface area contributed by atoms with E-state index in [-0.39, 0.29) is 17.6 Å². The Balaban J connectivity index is 1.67. The summed E-state index contributed by atoms with van der Waals surface area (Å²) in [5.74, 6) is 0. The van der Waals surface area contributed by atoms with Crippen LogP contribution in [0.4, 0.5) is 0 Å². The molecule has 0 amide bonds.